The van der Waals surface area contributed by atoms with Gasteiger partial charge in [-0.25, -0.2) is 4.52 Å². The molecule has 0 bridgehead atoms. The first-order chi connectivity index (χ1) is 16.0. The van der Waals surface area contributed by atoms with Gasteiger partial charge in [-0.1, -0.05) is 43.6 Å². The number of carbonyl (C=O) groups excluding carboxylic acids is 2. The normalized spacial score (nSPS) is 18.7. The molecule has 2 amide bonds. The number of nitrogens with zero attached hydrogens (tertiary/aromatic N) is 4. The summed E-state index contributed by atoms with van der Waals surface area (Å²) in [4.78, 5) is 28.4. The maximum Gasteiger partial charge on any atom is 0.234 e. The first kappa shape index (κ1) is 23.1. The quantitative estimate of drug-likeness (QED) is 0.585. The number of fused-ring (bicyclic) bond motifs is 1. The second-order valence-electron chi connectivity index (χ2n) is 8.16. The van der Waals surface area contributed by atoms with Crippen LogP contribution in [0.15, 0.2) is 42.5 Å². The Morgan fingerprint density at radius 2 is 1.70 bits per heavy atom. The Hall–Kier alpha value is -3.06. The lowest BCUT2D eigenvalue weighted by Gasteiger charge is -2.38. The molecule has 2 saturated heterocycles. The molecule has 0 aliphatic carbocycles. The van der Waals surface area contributed by atoms with Gasteiger partial charge in [-0.05, 0) is 43.2 Å². The molecule has 7 nitrogen and oxygen atoms in total. The fourth-order valence-corrected chi connectivity index (χ4v) is 4.96. The van der Waals surface area contributed by atoms with E-state index in [9.17, 15) is 9.59 Å². The number of pyridine rings is 1. The molecular formula is C25H30ClN5O2. The van der Waals surface area contributed by atoms with Gasteiger partial charge in [0.05, 0.1) is 27.8 Å². The summed E-state index contributed by atoms with van der Waals surface area (Å²) >= 11 is 6.78. The summed E-state index contributed by atoms with van der Waals surface area (Å²) in [5.41, 5.74) is 3.83. The van der Waals surface area contributed by atoms with E-state index in [0.29, 0.717) is 17.9 Å². The smallest absolute Gasteiger partial charge is 0.234 e. The number of amides is 2. The van der Waals surface area contributed by atoms with E-state index in [4.69, 9.17) is 11.6 Å². The second kappa shape index (κ2) is 9.83. The van der Waals surface area contributed by atoms with Crippen LogP contribution in [0.1, 0.15) is 43.9 Å². The van der Waals surface area contributed by atoms with Crippen molar-refractivity contribution in [3.63, 3.8) is 0 Å². The summed E-state index contributed by atoms with van der Waals surface area (Å²) in [6, 6.07) is 14.2. The third kappa shape index (κ3) is 4.55. The van der Waals surface area contributed by atoms with Gasteiger partial charge < -0.3 is 9.80 Å². The van der Waals surface area contributed by atoms with Gasteiger partial charge in [0.15, 0.2) is 0 Å². The number of carbonyl (C=O) groups is 2. The van der Waals surface area contributed by atoms with Crippen LogP contribution in [0.3, 0.4) is 0 Å². The SMILES string of the molecule is CC.Cc1cc2cccc(N3CCN(c4cccc(C5CCC(=O)NC5=O)c4Cl)CC3)n2n1. The van der Waals surface area contributed by atoms with Crippen LogP contribution >= 0.6 is 11.6 Å². The van der Waals surface area contributed by atoms with E-state index >= 15 is 0 Å². The highest BCUT2D eigenvalue weighted by molar-refractivity contribution is 6.34. The summed E-state index contributed by atoms with van der Waals surface area (Å²) < 4.78 is 2.00. The van der Waals surface area contributed by atoms with Crippen molar-refractivity contribution < 1.29 is 9.59 Å². The number of rotatable bonds is 3. The van der Waals surface area contributed by atoms with Crippen LogP contribution in [0.25, 0.3) is 5.52 Å². The summed E-state index contributed by atoms with van der Waals surface area (Å²) in [6.07, 6.45) is 0.836. The number of piperazine rings is 1. The van der Waals surface area contributed by atoms with Crippen molar-refractivity contribution in [2.75, 3.05) is 36.0 Å². The van der Waals surface area contributed by atoms with E-state index in [2.05, 4.69) is 44.5 Å². The highest BCUT2D eigenvalue weighted by Gasteiger charge is 2.31. The molecule has 1 unspecified atom stereocenters. The molecule has 4 heterocycles. The largest absolute Gasteiger partial charge is 0.367 e. The van der Waals surface area contributed by atoms with Crippen LogP contribution in [-0.2, 0) is 9.59 Å². The molecule has 2 fully saturated rings. The molecule has 1 aromatic carbocycles. The van der Waals surface area contributed by atoms with Gasteiger partial charge >= 0.3 is 0 Å². The average Bonchev–Trinajstić information content (AvgIpc) is 3.21. The zero-order valence-corrected chi connectivity index (χ0v) is 20.1. The van der Waals surface area contributed by atoms with Gasteiger partial charge in [0.2, 0.25) is 11.8 Å². The van der Waals surface area contributed by atoms with Crippen LogP contribution in [0.4, 0.5) is 11.5 Å². The molecule has 0 saturated carbocycles. The van der Waals surface area contributed by atoms with Gasteiger partial charge in [-0.2, -0.15) is 5.10 Å². The van der Waals surface area contributed by atoms with E-state index in [-0.39, 0.29) is 17.7 Å². The highest BCUT2D eigenvalue weighted by Crippen LogP contribution is 2.37. The first-order valence-electron chi connectivity index (χ1n) is 11.6. The number of hydrogen-bond donors (Lipinski definition) is 1. The van der Waals surface area contributed by atoms with Crippen LogP contribution in [0, 0.1) is 6.92 Å². The molecule has 2 aliphatic heterocycles. The van der Waals surface area contributed by atoms with Crippen LogP contribution in [0.2, 0.25) is 5.02 Å². The van der Waals surface area contributed by atoms with Gasteiger partial charge in [-0.3, -0.25) is 14.9 Å². The Kier molecular flexibility index (Phi) is 6.88. The van der Waals surface area contributed by atoms with Crippen molar-refractivity contribution >= 4 is 40.4 Å². The molecule has 2 aromatic heterocycles. The predicted octanol–water partition coefficient (Wildman–Crippen LogP) is 4.17. The number of aromatic nitrogens is 2. The number of piperidine rings is 1. The Morgan fingerprint density at radius 3 is 2.42 bits per heavy atom. The number of anilines is 2. The molecular weight excluding hydrogens is 438 g/mol. The third-order valence-electron chi connectivity index (χ3n) is 6.16. The molecule has 0 radical (unpaired) electrons. The summed E-state index contributed by atoms with van der Waals surface area (Å²) in [7, 11) is 0. The lowest BCUT2D eigenvalue weighted by Crippen LogP contribution is -2.47. The minimum atomic E-state index is -0.382. The lowest BCUT2D eigenvalue weighted by atomic mass is 9.90. The average molecular weight is 468 g/mol. The topological polar surface area (TPSA) is 70.0 Å². The number of benzene rings is 1. The fourth-order valence-electron chi connectivity index (χ4n) is 4.58. The number of nitrogens with one attached hydrogen (secondary N) is 1. The molecule has 5 rings (SSSR count). The van der Waals surface area contributed by atoms with E-state index in [1.54, 1.807) is 0 Å². The van der Waals surface area contributed by atoms with Gasteiger partial charge in [-0.15, -0.1) is 0 Å². The Balaban J connectivity index is 0.00000126. The third-order valence-corrected chi connectivity index (χ3v) is 6.57. The molecule has 2 aliphatic rings. The maximum absolute atomic E-state index is 12.3. The van der Waals surface area contributed by atoms with Gasteiger partial charge in [0.25, 0.3) is 0 Å². The van der Waals surface area contributed by atoms with Gasteiger partial charge in [0, 0.05) is 32.6 Å². The number of aryl methyl sites for hydroxylation is 1. The van der Waals surface area contributed by atoms with E-state index in [1.807, 2.05) is 43.5 Å². The lowest BCUT2D eigenvalue weighted by molar-refractivity contribution is -0.134. The standard InChI is InChI=1S/C23H24ClN5O2.C2H6/c1-15-14-16-4-2-7-21(29(16)26-15)28-12-10-27(11-13-28)19-6-3-5-17(22(19)24)18-8-9-20(30)25-23(18)31;1-2/h2-7,14,18H,8-13H2,1H3,(H,25,30,31);1-2H3. The molecule has 8 heteroatoms. The molecule has 174 valence electrons. The summed E-state index contributed by atoms with van der Waals surface area (Å²) in [5.74, 6) is 0.232. The van der Waals surface area contributed by atoms with Crippen molar-refractivity contribution in [3.05, 3.63) is 58.7 Å². The Bertz CT molecular complexity index is 1170. The van der Waals surface area contributed by atoms with Crippen LogP contribution in [-0.4, -0.2) is 47.6 Å². The van der Waals surface area contributed by atoms with E-state index < -0.39 is 0 Å². The van der Waals surface area contributed by atoms with E-state index in [0.717, 1.165) is 54.5 Å². The maximum atomic E-state index is 12.3. The van der Waals surface area contributed by atoms with Crippen LogP contribution in [0.5, 0.6) is 0 Å². The monoisotopic (exact) mass is 467 g/mol. The molecule has 3 aromatic rings. The van der Waals surface area contributed by atoms with Gasteiger partial charge in [0.1, 0.15) is 5.82 Å². The molecule has 1 atom stereocenters. The summed E-state index contributed by atoms with van der Waals surface area (Å²) in [5, 5.41) is 7.67. The Morgan fingerprint density at radius 1 is 1.00 bits per heavy atom. The fraction of sp³-hybridized carbons (Fsp3) is 0.400. The molecule has 1 N–H and O–H groups in total. The van der Waals surface area contributed by atoms with Crippen LogP contribution < -0.4 is 15.1 Å². The van der Waals surface area contributed by atoms with Crippen molar-refractivity contribution in [2.24, 2.45) is 0 Å². The highest BCUT2D eigenvalue weighted by atomic mass is 35.5. The van der Waals surface area contributed by atoms with Crippen molar-refractivity contribution in [2.45, 2.75) is 39.5 Å². The van der Waals surface area contributed by atoms with Crippen molar-refractivity contribution in [3.8, 4) is 0 Å². The number of hydrogen-bond acceptors (Lipinski definition) is 5. The number of imide groups is 1. The van der Waals surface area contributed by atoms with E-state index in [1.165, 1.54) is 0 Å². The molecule has 0 spiro atoms. The second-order valence-corrected chi connectivity index (χ2v) is 8.54. The zero-order valence-electron chi connectivity index (χ0n) is 19.3. The first-order valence-corrected chi connectivity index (χ1v) is 12.0. The number of halogens is 1. The minimum Gasteiger partial charge on any atom is -0.367 e. The van der Waals surface area contributed by atoms with Crippen molar-refractivity contribution in [1.29, 1.82) is 0 Å². The minimum absolute atomic E-state index is 0.216. The Labute approximate surface area is 199 Å². The van der Waals surface area contributed by atoms with Crippen molar-refractivity contribution in [1.82, 2.24) is 14.9 Å². The zero-order chi connectivity index (χ0) is 23.5. The molecule has 33 heavy (non-hydrogen) atoms. The predicted molar refractivity (Wildman–Crippen MR) is 132 cm³/mol. The summed E-state index contributed by atoms with van der Waals surface area (Å²) in [6.45, 7) is 9.32.